The molecule has 2 rings (SSSR count). The SMILES string of the molecule is CCCN(CCO)C(=O)Nc1cc(C2CCC2)nn1C. The lowest BCUT2D eigenvalue weighted by molar-refractivity contribution is 0.188. The second-order valence-corrected chi connectivity index (χ2v) is 5.35. The Hall–Kier alpha value is -1.56. The number of aliphatic hydroxyl groups is 1. The molecule has 0 aliphatic heterocycles. The molecule has 2 amide bonds. The van der Waals surface area contributed by atoms with Gasteiger partial charge < -0.3 is 10.0 Å². The molecular formula is C14H24N4O2. The van der Waals surface area contributed by atoms with Crippen LogP contribution < -0.4 is 5.32 Å². The predicted octanol–water partition coefficient (Wildman–Crippen LogP) is 1.92. The Morgan fingerprint density at radius 1 is 1.55 bits per heavy atom. The molecule has 0 bridgehead atoms. The molecule has 20 heavy (non-hydrogen) atoms. The number of amides is 2. The van der Waals surface area contributed by atoms with E-state index in [1.807, 2.05) is 20.0 Å². The Balaban J connectivity index is 2.00. The van der Waals surface area contributed by atoms with Gasteiger partial charge in [-0.3, -0.25) is 10.00 Å². The van der Waals surface area contributed by atoms with E-state index in [1.165, 1.54) is 19.3 Å². The van der Waals surface area contributed by atoms with Crippen LogP contribution in [0.25, 0.3) is 0 Å². The topological polar surface area (TPSA) is 70.4 Å². The molecule has 2 N–H and O–H groups in total. The normalized spacial score (nSPS) is 14.9. The molecule has 0 saturated heterocycles. The summed E-state index contributed by atoms with van der Waals surface area (Å²) in [4.78, 5) is 13.8. The van der Waals surface area contributed by atoms with Crippen LogP contribution in [0.1, 0.15) is 44.2 Å². The van der Waals surface area contributed by atoms with Crippen molar-refractivity contribution in [2.24, 2.45) is 7.05 Å². The molecule has 0 aromatic carbocycles. The number of urea groups is 1. The average Bonchev–Trinajstić information content (AvgIpc) is 2.68. The Kier molecular flexibility index (Phi) is 5.00. The van der Waals surface area contributed by atoms with Crippen molar-refractivity contribution in [3.8, 4) is 0 Å². The second kappa shape index (κ2) is 6.74. The molecule has 1 saturated carbocycles. The molecule has 6 nitrogen and oxygen atoms in total. The van der Waals surface area contributed by atoms with Crippen LogP contribution in [0.5, 0.6) is 0 Å². The van der Waals surface area contributed by atoms with E-state index in [1.54, 1.807) is 9.58 Å². The van der Waals surface area contributed by atoms with Crippen LogP contribution in [0.2, 0.25) is 0 Å². The first kappa shape index (κ1) is 14.8. The van der Waals surface area contributed by atoms with Gasteiger partial charge in [0.1, 0.15) is 5.82 Å². The fraction of sp³-hybridized carbons (Fsp3) is 0.714. The fourth-order valence-electron chi connectivity index (χ4n) is 2.40. The van der Waals surface area contributed by atoms with Gasteiger partial charge in [0.25, 0.3) is 0 Å². The third kappa shape index (κ3) is 3.30. The van der Waals surface area contributed by atoms with Crippen molar-refractivity contribution >= 4 is 11.8 Å². The van der Waals surface area contributed by atoms with Crippen molar-refractivity contribution in [2.75, 3.05) is 25.0 Å². The van der Waals surface area contributed by atoms with E-state index in [9.17, 15) is 4.79 Å². The average molecular weight is 280 g/mol. The van der Waals surface area contributed by atoms with Crippen molar-refractivity contribution in [1.82, 2.24) is 14.7 Å². The van der Waals surface area contributed by atoms with E-state index >= 15 is 0 Å². The third-order valence-electron chi connectivity index (χ3n) is 3.81. The zero-order valence-corrected chi connectivity index (χ0v) is 12.3. The highest BCUT2D eigenvalue weighted by molar-refractivity contribution is 5.88. The highest BCUT2D eigenvalue weighted by Crippen LogP contribution is 2.36. The van der Waals surface area contributed by atoms with Gasteiger partial charge in [-0.05, 0) is 19.3 Å². The molecule has 6 heteroatoms. The van der Waals surface area contributed by atoms with Crippen LogP contribution in [0.3, 0.4) is 0 Å². The number of aromatic nitrogens is 2. The Labute approximate surface area is 119 Å². The summed E-state index contributed by atoms with van der Waals surface area (Å²) in [6.45, 7) is 2.98. The minimum Gasteiger partial charge on any atom is -0.395 e. The van der Waals surface area contributed by atoms with Crippen LogP contribution in [0, 0.1) is 0 Å². The predicted molar refractivity (Wildman–Crippen MR) is 77.8 cm³/mol. The summed E-state index contributed by atoms with van der Waals surface area (Å²) in [6.07, 6.45) is 4.52. The number of nitrogens with one attached hydrogen (secondary N) is 1. The number of nitrogens with zero attached hydrogens (tertiary/aromatic N) is 3. The van der Waals surface area contributed by atoms with Gasteiger partial charge in [-0.1, -0.05) is 13.3 Å². The van der Waals surface area contributed by atoms with Gasteiger partial charge >= 0.3 is 6.03 Å². The zero-order chi connectivity index (χ0) is 14.5. The maximum Gasteiger partial charge on any atom is 0.323 e. The quantitative estimate of drug-likeness (QED) is 0.836. The van der Waals surface area contributed by atoms with Gasteiger partial charge in [-0.15, -0.1) is 0 Å². The number of hydrogen-bond donors (Lipinski definition) is 2. The minimum atomic E-state index is -0.177. The molecule has 0 unspecified atom stereocenters. The largest absolute Gasteiger partial charge is 0.395 e. The molecular weight excluding hydrogens is 256 g/mol. The molecule has 1 aliphatic carbocycles. The third-order valence-corrected chi connectivity index (χ3v) is 3.81. The van der Waals surface area contributed by atoms with Crippen LogP contribution in [-0.2, 0) is 7.05 Å². The summed E-state index contributed by atoms with van der Waals surface area (Å²) in [6, 6.07) is 1.79. The number of rotatable bonds is 6. The molecule has 1 aromatic heterocycles. The van der Waals surface area contributed by atoms with Crippen LogP contribution in [-0.4, -0.2) is 45.5 Å². The molecule has 0 atom stereocenters. The Morgan fingerprint density at radius 3 is 2.85 bits per heavy atom. The van der Waals surface area contributed by atoms with E-state index in [0.717, 1.165) is 17.9 Å². The number of aryl methyl sites for hydroxylation is 1. The molecule has 0 radical (unpaired) electrons. The van der Waals surface area contributed by atoms with Gasteiger partial charge in [-0.2, -0.15) is 5.10 Å². The summed E-state index contributed by atoms with van der Waals surface area (Å²) >= 11 is 0. The summed E-state index contributed by atoms with van der Waals surface area (Å²) in [5.74, 6) is 1.27. The van der Waals surface area contributed by atoms with E-state index in [4.69, 9.17) is 5.11 Å². The van der Waals surface area contributed by atoms with E-state index in [-0.39, 0.29) is 12.6 Å². The fourth-order valence-corrected chi connectivity index (χ4v) is 2.40. The maximum absolute atomic E-state index is 12.2. The second-order valence-electron chi connectivity index (χ2n) is 5.35. The molecule has 1 heterocycles. The van der Waals surface area contributed by atoms with Gasteiger partial charge in [0.2, 0.25) is 0 Å². The number of hydrogen-bond acceptors (Lipinski definition) is 3. The first-order valence-corrected chi connectivity index (χ1v) is 7.36. The van der Waals surface area contributed by atoms with E-state index in [2.05, 4.69) is 10.4 Å². The first-order chi connectivity index (χ1) is 9.65. The molecule has 112 valence electrons. The lowest BCUT2D eigenvalue weighted by Crippen LogP contribution is -2.38. The molecule has 1 fully saturated rings. The first-order valence-electron chi connectivity index (χ1n) is 7.36. The monoisotopic (exact) mass is 280 g/mol. The molecule has 0 spiro atoms. The maximum atomic E-state index is 12.2. The van der Waals surface area contributed by atoms with Crippen molar-refractivity contribution in [2.45, 2.75) is 38.5 Å². The van der Waals surface area contributed by atoms with Crippen LogP contribution in [0.15, 0.2) is 6.07 Å². The van der Waals surface area contributed by atoms with Gasteiger partial charge in [0, 0.05) is 32.1 Å². The van der Waals surface area contributed by atoms with Crippen molar-refractivity contribution in [3.63, 3.8) is 0 Å². The van der Waals surface area contributed by atoms with Crippen molar-refractivity contribution < 1.29 is 9.90 Å². The summed E-state index contributed by atoms with van der Waals surface area (Å²) in [5.41, 5.74) is 1.07. The molecule has 1 aliphatic rings. The Morgan fingerprint density at radius 2 is 2.30 bits per heavy atom. The van der Waals surface area contributed by atoms with Gasteiger partial charge in [0.15, 0.2) is 0 Å². The number of anilines is 1. The van der Waals surface area contributed by atoms with Crippen LogP contribution >= 0.6 is 0 Å². The lowest BCUT2D eigenvalue weighted by atomic mass is 9.83. The lowest BCUT2D eigenvalue weighted by Gasteiger charge is -2.22. The highest BCUT2D eigenvalue weighted by Gasteiger charge is 2.23. The van der Waals surface area contributed by atoms with Crippen molar-refractivity contribution in [3.05, 3.63) is 11.8 Å². The standard InChI is InChI=1S/C14H24N4O2/c1-3-7-18(8-9-19)14(20)15-13-10-12(16-17(13)2)11-5-4-6-11/h10-11,19H,3-9H2,1-2H3,(H,15,20). The minimum absolute atomic E-state index is 0.0217. The summed E-state index contributed by atoms with van der Waals surface area (Å²) in [5, 5.41) is 16.4. The van der Waals surface area contributed by atoms with Crippen LogP contribution in [0.4, 0.5) is 10.6 Å². The highest BCUT2D eigenvalue weighted by atomic mass is 16.3. The van der Waals surface area contributed by atoms with Gasteiger partial charge in [-0.25, -0.2) is 4.79 Å². The smallest absolute Gasteiger partial charge is 0.323 e. The zero-order valence-electron chi connectivity index (χ0n) is 12.3. The Bertz CT molecular complexity index is 448. The summed E-state index contributed by atoms with van der Waals surface area (Å²) < 4.78 is 1.72. The van der Waals surface area contributed by atoms with E-state index in [0.29, 0.717) is 19.0 Å². The molecule has 1 aromatic rings. The summed E-state index contributed by atoms with van der Waals surface area (Å²) in [7, 11) is 1.84. The van der Waals surface area contributed by atoms with Gasteiger partial charge in [0.05, 0.1) is 12.3 Å². The van der Waals surface area contributed by atoms with Crippen molar-refractivity contribution in [1.29, 1.82) is 0 Å². The number of carbonyl (C=O) groups excluding carboxylic acids is 1. The van der Waals surface area contributed by atoms with E-state index < -0.39 is 0 Å². The number of aliphatic hydroxyl groups excluding tert-OH is 1. The number of carbonyl (C=O) groups is 1.